The zero-order valence-electron chi connectivity index (χ0n) is 10.7. The molecule has 15 heavy (non-hydrogen) atoms. The van der Waals surface area contributed by atoms with Gasteiger partial charge < -0.3 is 4.90 Å². The highest BCUT2D eigenvalue weighted by molar-refractivity contribution is 5.78. The predicted molar refractivity (Wildman–Crippen MR) is 63.7 cm³/mol. The van der Waals surface area contributed by atoms with Crippen molar-refractivity contribution in [2.75, 3.05) is 6.54 Å². The molecule has 0 saturated carbocycles. The summed E-state index contributed by atoms with van der Waals surface area (Å²) < 4.78 is 0. The highest BCUT2D eigenvalue weighted by Crippen LogP contribution is 2.34. The van der Waals surface area contributed by atoms with Gasteiger partial charge >= 0.3 is 0 Å². The molecule has 1 amide bonds. The summed E-state index contributed by atoms with van der Waals surface area (Å²) in [6.07, 6.45) is 5.30. The maximum absolute atomic E-state index is 11.8. The maximum Gasteiger partial charge on any atom is 0.222 e. The van der Waals surface area contributed by atoms with Crippen LogP contribution < -0.4 is 0 Å². The van der Waals surface area contributed by atoms with Gasteiger partial charge in [0.2, 0.25) is 5.91 Å². The molecule has 0 aliphatic carbocycles. The first-order chi connectivity index (χ1) is 7.03. The lowest BCUT2D eigenvalue weighted by Gasteiger charge is -2.40. The molecule has 0 spiro atoms. The maximum atomic E-state index is 11.8. The van der Waals surface area contributed by atoms with E-state index in [1.807, 2.05) is 0 Å². The molecule has 1 aliphatic heterocycles. The Balaban J connectivity index is 2.73. The lowest BCUT2D eigenvalue weighted by Crippen LogP contribution is -2.45. The van der Waals surface area contributed by atoms with E-state index in [1.165, 1.54) is 12.8 Å². The van der Waals surface area contributed by atoms with Gasteiger partial charge in [-0.1, -0.05) is 34.1 Å². The molecule has 0 bridgehead atoms. The largest absolute Gasteiger partial charge is 0.339 e. The second-order valence-electron chi connectivity index (χ2n) is 5.35. The summed E-state index contributed by atoms with van der Waals surface area (Å²) in [6.45, 7) is 10.0. The molecule has 1 aliphatic rings. The van der Waals surface area contributed by atoms with E-state index in [9.17, 15) is 4.79 Å². The van der Waals surface area contributed by atoms with Crippen LogP contribution in [0.15, 0.2) is 0 Å². The molecule has 1 unspecified atom stereocenters. The van der Waals surface area contributed by atoms with Crippen molar-refractivity contribution in [1.29, 1.82) is 0 Å². The van der Waals surface area contributed by atoms with Crippen LogP contribution in [-0.4, -0.2) is 23.4 Å². The molecule has 88 valence electrons. The van der Waals surface area contributed by atoms with Gasteiger partial charge in [-0.25, -0.2) is 0 Å². The van der Waals surface area contributed by atoms with Gasteiger partial charge in [-0.2, -0.15) is 0 Å². The van der Waals surface area contributed by atoms with Crippen molar-refractivity contribution in [1.82, 2.24) is 4.90 Å². The van der Waals surface area contributed by atoms with Crippen LogP contribution in [0, 0.1) is 5.41 Å². The van der Waals surface area contributed by atoms with Crippen molar-refractivity contribution < 1.29 is 4.79 Å². The molecule has 1 saturated heterocycles. The van der Waals surface area contributed by atoms with Crippen LogP contribution in [0.4, 0.5) is 0 Å². The van der Waals surface area contributed by atoms with E-state index in [2.05, 4.69) is 32.6 Å². The van der Waals surface area contributed by atoms with Crippen LogP contribution in [0.3, 0.4) is 0 Å². The van der Waals surface area contributed by atoms with Crippen LogP contribution >= 0.6 is 0 Å². The summed E-state index contributed by atoms with van der Waals surface area (Å²) in [5.41, 5.74) is 0.267. The molecule has 1 heterocycles. The SMILES string of the molecule is CCCC(C)(C)C(CC)N1CCCC1=O. The van der Waals surface area contributed by atoms with Crippen LogP contribution in [0.2, 0.25) is 0 Å². The fraction of sp³-hybridized carbons (Fsp3) is 0.923. The predicted octanol–water partition coefficient (Wildman–Crippen LogP) is 3.21. The average molecular weight is 211 g/mol. The van der Waals surface area contributed by atoms with Crippen molar-refractivity contribution >= 4 is 5.91 Å². The topological polar surface area (TPSA) is 20.3 Å². The number of nitrogens with zero attached hydrogens (tertiary/aromatic N) is 1. The normalized spacial score (nSPS) is 19.7. The van der Waals surface area contributed by atoms with Crippen LogP contribution in [0.1, 0.15) is 59.8 Å². The Labute approximate surface area is 94.0 Å². The molecular formula is C13H25NO. The highest BCUT2D eigenvalue weighted by Gasteiger charge is 2.36. The fourth-order valence-corrected chi connectivity index (χ4v) is 3.00. The summed E-state index contributed by atoms with van der Waals surface area (Å²) in [5.74, 6) is 0.367. The number of carbonyl (C=O) groups is 1. The van der Waals surface area contributed by atoms with Gasteiger partial charge in [-0.15, -0.1) is 0 Å². The molecule has 1 atom stereocenters. The first-order valence-corrected chi connectivity index (χ1v) is 6.32. The zero-order valence-corrected chi connectivity index (χ0v) is 10.7. The molecule has 2 nitrogen and oxygen atoms in total. The molecule has 1 fully saturated rings. The van der Waals surface area contributed by atoms with Crippen LogP contribution in [0.25, 0.3) is 0 Å². The Kier molecular flexibility index (Phi) is 4.18. The molecule has 0 N–H and O–H groups in total. The standard InChI is InChI=1S/C13H25NO/c1-5-9-13(3,4)11(6-2)14-10-7-8-12(14)15/h11H,5-10H2,1-4H3. The van der Waals surface area contributed by atoms with Crippen molar-refractivity contribution in [2.24, 2.45) is 5.41 Å². The monoisotopic (exact) mass is 211 g/mol. The molecule has 2 heteroatoms. The summed E-state index contributed by atoms with van der Waals surface area (Å²) in [4.78, 5) is 13.9. The van der Waals surface area contributed by atoms with Crippen molar-refractivity contribution in [3.05, 3.63) is 0 Å². The zero-order chi connectivity index (χ0) is 11.5. The summed E-state index contributed by atoms with van der Waals surface area (Å²) in [5, 5.41) is 0. The van der Waals surface area contributed by atoms with E-state index < -0.39 is 0 Å². The third-order valence-electron chi connectivity index (χ3n) is 3.67. The second-order valence-corrected chi connectivity index (χ2v) is 5.35. The van der Waals surface area contributed by atoms with E-state index in [0.29, 0.717) is 11.9 Å². The van der Waals surface area contributed by atoms with Crippen molar-refractivity contribution in [2.45, 2.75) is 65.8 Å². The Morgan fingerprint density at radius 2 is 2.07 bits per heavy atom. The summed E-state index contributed by atoms with van der Waals surface area (Å²) in [7, 11) is 0. The highest BCUT2D eigenvalue weighted by atomic mass is 16.2. The minimum absolute atomic E-state index is 0.267. The minimum Gasteiger partial charge on any atom is -0.339 e. The van der Waals surface area contributed by atoms with Crippen molar-refractivity contribution in [3.63, 3.8) is 0 Å². The Morgan fingerprint density at radius 1 is 1.40 bits per heavy atom. The third-order valence-corrected chi connectivity index (χ3v) is 3.67. The first-order valence-electron chi connectivity index (χ1n) is 6.32. The average Bonchev–Trinajstić information content (AvgIpc) is 2.53. The minimum atomic E-state index is 0.267. The molecule has 0 radical (unpaired) electrons. The van der Waals surface area contributed by atoms with Gasteiger partial charge in [-0.05, 0) is 24.7 Å². The van der Waals surface area contributed by atoms with Gasteiger partial charge in [0.05, 0.1) is 0 Å². The second kappa shape index (κ2) is 5.00. The van der Waals surface area contributed by atoms with Gasteiger partial charge in [-0.3, -0.25) is 4.79 Å². The smallest absolute Gasteiger partial charge is 0.222 e. The van der Waals surface area contributed by atoms with E-state index in [4.69, 9.17) is 0 Å². The Morgan fingerprint density at radius 3 is 2.47 bits per heavy atom. The first kappa shape index (κ1) is 12.5. The number of hydrogen-bond donors (Lipinski definition) is 0. The number of likely N-dealkylation sites (tertiary alicyclic amines) is 1. The Bertz CT molecular complexity index is 223. The van der Waals surface area contributed by atoms with E-state index in [-0.39, 0.29) is 5.41 Å². The number of carbonyl (C=O) groups excluding carboxylic acids is 1. The lowest BCUT2D eigenvalue weighted by atomic mass is 9.78. The third kappa shape index (κ3) is 2.73. The fourth-order valence-electron chi connectivity index (χ4n) is 3.00. The van der Waals surface area contributed by atoms with Crippen molar-refractivity contribution in [3.8, 4) is 0 Å². The lowest BCUT2D eigenvalue weighted by molar-refractivity contribution is -0.132. The molecule has 0 aromatic rings. The van der Waals surface area contributed by atoms with Crippen LogP contribution in [-0.2, 0) is 4.79 Å². The van der Waals surface area contributed by atoms with E-state index >= 15 is 0 Å². The van der Waals surface area contributed by atoms with Crippen LogP contribution in [0.5, 0.6) is 0 Å². The van der Waals surface area contributed by atoms with Gasteiger partial charge in [0.1, 0.15) is 0 Å². The molecule has 0 aromatic carbocycles. The van der Waals surface area contributed by atoms with Gasteiger partial charge in [0, 0.05) is 19.0 Å². The molecule has 1 rings (SSSR count). The van der Waals surface area contributed by atoms with E-state index in [0.717, 1.165) is 25.8 Å². The summed E-state index contributed by atoms with van der Waals surface area (Å²) >= 11 is 0. The Hall–Kier alpha value is -0.530. The number of hydrogen-bond acceptors (Lipinski definition) is 1. The molecule has 0 aromatic heterocycles. The quantitative estimate of drug-likeness (QED) is 0.684. The van der Waals surface area contributed by atoms with E-state index in [1.54, 1.807) is 0 Å². The number of rotatable bonds is 5. The number of amides is 1. The van der Waals surface area contributed by atoms with Gasteiger partial charge in [0.25, 0.3) is 0 Å². The summed E-state index contributed by atoms with van der Waals surface area (Å²) in [6, 6.07) is 0.437. The molecular weight excluding hydrogens is 186 g/mol. The van der Waals surface area contributed by atoms with Gasteiger partial charge in [0.15, 0.2) is 0 Å².